The van der Waals surface area contributed by atoms with Crippen LogP contribution in [0.1, 0.15) is 67.3 Å². The molecule has 0 radical (unpaired) electrons. The summed E-state index contributed by atoms with van der Waals surface area (Å²) in [7, 11) is -3.44. The molecule has 1 atom stereocenters. The van der Waals surface area contributed by atoms with E-state index in [0.717, 1.165) is 19.3 Å². The van der Waals surface area contributed by atoms with Gasteiger partial charge < -0.3 is 5.32 Å². The summed E-state index contributed by atoms with van der Waals surface area (Å²) in [6, 6.07) is 13.6. The van der Waals surface area contributed by atoms with Crippen LogP contribution in [-0.4, -0.2) is 31.7 Å². The number of halogens is 1. The molecule has 0 spiro atoms. The van der Waals surface area contributed by atoms with Gasteiger partial charge in [-0.1, -0.05) is 48.9 Å². The summed E-state index contributed by atoms with van der Waals surface area (Å²) < 4.78 is 27.2. The first kappa shape index (κ1) is 24.2. The highest BCUT2D eigenvalue weighted by Gasteiger charge is 2.32. The Kier molecular flexibility index (Phi) is 7.77. The van der Waals surface area contributed by atoms with Crippen LogP contribution in [0.3, 0.4) is 0 Å². The summed E-state index contributed by atoms with van der Waals surface area (Å²) in [5.41, 5.74) is 4.72. The standard InChI is InChI=1S/C26H33ClN2O3S/c1-2-25(23-11-10-20-7-3-4-8-22(20)17-23)28-26(30)21-12-14-29(15-13-21)33(31,32)18-19-6-5-9-24(27)16-19/h5-6,9-11,16-17,21,25H,2-4,7-8,12-15,18H2,1H3,(H,28,30)/t25-/m0/s1. The topological polar surface area (TPSA) is 66.5 Å². The zero-order valence-corrected chi connectivity index (χ0v) is 20.8. The van der Waals surface area contributed by atoms with E-state index in [4.69, 9.17) is 11.6 Å². The van der Waals surface area contributed by atoms with Crippen LogP contribution in [0.2, 0.25) is 5.02 Å². The number of piperidine rings is 1. The van der Waals surface area contributed by atoms with Gasteiger partial charge in [-0.05, 0) is 79.3 Å². The minimum absolute atomic E-state index is 0.00526. The lowest BCUT2D eigenvalue weighted by molar-refractivity contribution is -0.126. The average molecular weight is 489 g/mol. The Labute approximate surface area is 202 Å². The van der Waals surface area contributed by atoms with E-state index in [1.165, 1.54) is 33.8 Å². The number of benzene rings is 2. The van der Waals surface area contributed by atoms with Crippen molar-refractivity contribution in [1.29, 1.82) is 0 Å². The maximum atomic E-state index is 13.0. The molecule has 0 saturated carbocycles. The zero-order valence-electron chi connectivity index (χ0n) is 19.2. The SMILES string of the molecule is CC[C@H](NC(=O)C1CCN(S(=O)(=O)Cc2cccc(Cl)c2)CC1)c1ccc2c(c1)CCCC2. The van der Waals surface area contributed by atoms with Crippen LogP contribution in [0.25, 0.3) is 0 Å². The number of carbonyl (C=O) groups is 1. The number of fused-ring (bicyclic) bond motifs is 1. The van der Waals surface area contributed by atoms with Gasteiger partial charge in [0.05, 0.1) is 11.8 Å². The van der Waals surface area contributed by atoms with Crippen LogP contribution in [0.15, 0.2) is 42.5 Å². The van der Waals surface area contributed by atoms with E-state index in [1.54, 1.807) is 24.3 Å². The van der Waals surface area contributed by atoms with Gasteiger partial charge in [-0.15, -0.1) is 0 Å². The number of rotatable bonds is 7. The molecule has 0 unspecified atom stereocenters. The highest BCUT2D eigenvalue weighted by atomic mass is 35.5. The molecule has 178 valence electrons. The van der Waals surface area contributed by atoms with Crippen molar-refractivity contribution in [3.63, 3.8) is 0 Å². The molecule has 5 nitrogen and oxygen atoms in total. The van der Waals surface area contributed by atoms with Gasteiger partial charge in [-0.25, -0.2) is 12.7 Å². The fourth-order valence-corrected chi connectivity index (χ4v) is 6.77. The lowest BCUT2D eigenvalue weighted by Crippen LogP contribution is -2.44. The molecule has 33 heavy (non-hydrogen) atoms. The van der Waals surface area contributed by atoms with Crippen LogP contribution < -0.4 is 5.32 Å². The van der Waals surface area contributed by atoms with Gasteiger partial charge in [0, 0.05) is 24.0 Å². The van der Waals surface area contributed by atoms with E-state index in [1.807, 2.05) is 0 Å². The molecule has 1 N–H and O–H groups in total. The van der Waals surface area contributed by atoms with Crippen molar-refractivity contribution < 1.29 is 13.2 Å². The van der Waals surface area contributed by atoms with E-state index in [0.29, 0.717) is 36.5 Å². The average Bonchev–Trinajstić information content (AvgIpc) is 2.82. The molecule has 1 saturated heterocycles. The first-order valence-electron chi connectivity index (χ1n) is 12.0. The van der Waals surface area contributed by atoms with E-state index in [2.05, 4.69) is 30.4 Å². The smallest absolute Gasteiger partial charge is 0.223 e. The summed E-state index contributed by atoms with van der Waals surface area (Å²) in [6.45, 7) is 2.84. The van der Waals surface area contributed by atoms with Crippen LogP contribution in [0, 0.1) is 5.92 Å². The fraction of sp³-hybridized carbons (Fsp3) is 0.500. The normalized spacial score (nSPS) is 18.5. The Hall–Kier alpha value is -1.89. The number of aryl methyl sites for hydroxylation is 2. The predicted molar refractivity (Wildman–Crippen MR) is 133 cm³/mol. The minimum atomic E-state index is -3.44. The molecule has 1 aliphatic heterocycles. The van der Waals surface area contributed by atoms with Crippen molar-refractivity contribution in [3.8, 4) is 0 Å². The van der Waals surface area contributed by atoms with Gasteiger partial charge in [-0.3, -0.25) is 4.79 Å². The van der Waals surface area contributed by atoms with Gasteiger partial charge in [-0.2, -0.15) is 0 Å². The first-order valence-corrected chi connectivity index (χ1v) is 14.0. The van der Waals surface area contributed by atoms with Gasteiger partial charge in [0.2, 0.25) is 15.9 Å². The molecule has 2 aromatic carbocycles. The van der Waals surface area contributed by atoms with Gasteiger partial charge in [0.1, 0.15) is 0 Å². The number of nitrogens with zero attached hydrogens (tertiary/aromatic N) is 1. The molecule has 0 aromatic heterocycles. The summed E-state index contributed by atoms with van der Waals surface area (Å²) in [5, 5.41) is 3.77. The second-order valence-corrected chi connectivity index (χ2v) is 11.7. The highest BCUT2D eigenvalue weighted by molar-refractivity contribution is 7.88. The Morgan fingerprint density at radius 3 is 2.52 bits per heavy atom. The molecule has 2 aliphatic rings. The fourth-order valence-electron chi connectivity index (χ4n) is 5.01. The Bertz CT molecular complexity index is 1090. The summed E-state index contributed by atoms with van der Waals surface area (Å²) in [4.78, 5) is 13.0. The van der Waals surface area contributed by atoms with Crippen molar-refractivity contribution in [2.45, 2.75) is 63.7 Å². The number of nitrogens with one attached hydrogen (secondary N) is 1. The van der Waals surface area contributed by atoms with Crippen molar-refractivity contribution in [2.24, 2.45) is 5.92 Å². The lowest BCUT2D eigenvalue weighted by atomic mass is 9.88. The molecule has 1 amide bonds. The molecule has 2 aromatic rings. The Balaban J connectivity index is 1.34. The molecule has 4 rings (SSSR count). The molecule has 1 heterocycles. The van der Waals surface area contributed by atoms with Crippen LogP contribution in [-0.2, 0) is 33.4 Å². The van der Waals surface area contributed by atoms with E-state index in [-0.39, 0.29) is 23.6 Å². The van der Waals surface area contributed by atoms with Gasteiger partial charge in [0.25, 0.3) is 0 Å². The molecule has 1 fully saturated rings. The van der Waals surface area contributed by atoms with E-state index >= 15 is 0 Å². The monoisotopic (exact) mass is 488 g/mol. The maximum Gasteiger partial charge on any atom is 0.223 e. The third-order valence-corrected chi connectivity index (χ3v) is 9.04. The number of carbonyl (C=O) groups excluding carboxylic acids is 1. The Morgan fingerprint density at radius 1 is 1.09 bits per heavy atom. The third kappa shape index (κ3) is 5.97. The van der Waals surface area contributed by atoms with Gasteiger partial charge in [0.15, 0.2) is 0 Å². The quantitative estimate of drug-likeness (QED) is 0.594. The number of hydrogen-bond donors (Lipinski definition) is 1. The molecule has 7 heteroatoms. The molecule has 0 bridgehead atoms. The zero-order chi connectivity index (χ0) is 23.4. The number of amides is 1. The first-order chi connectivity index (χ1) is 15.9. The third-order valence-electron chi connectivity index (χ3n) is 6.96. The summed E-state index contributed by atoms with van der Waals surface area (Å²) in [5.74, 6) is -0.193. The van der Waals surface area contributed by atoms with Crippen molar-refractivity contribution in [2.75, 3.05) is 13.1 Å². The summed E-state index contributed by atoms with van der Waals surface area (Å²) in [6.07, 6.45) is 6.68. The number of hydrogen-bond acceptors (Lipinski definition) is 3. The molecular formula is C26H33ClN2O3S. The Morgan fingerprint density at radius 2 is 1.82 bits per heavy atom. The minimum Gasteiger partial charge on any atom is -0.349 e. The van der Waals surface area contributed by atoms with Crippen molar-refractivity contribution >= 4 is 27.5 Å². The largest absolute Gasteiger partial charge is 0.349 e. The second kappa shape index (κ2) is 10.6. The second-order valence-electron chi connectivity index (χ2n) is 9.26. The predicted octanol–water partition coefficient (Wildman–Crippen LogP) is 5.03. The van der Waals surface area contributed by atoms with Crippen molar-refractivity contribution in [1.82, 2.24) is 9.62 Å². The van der Waals surface area contributed by atoms with E-state index in [9.17, 15) is 13.2 Å². The van der Waals surface area contributed by atoms with Crippen LogP contribution in [0.4, 0.5) is 0 Å². The molecular weight excluding hydrogens is 456 g/mol. The summed E-state index contributed by atoms with van der Waals surface area (Å²) >= 11 is 5.99. The highest BCUT2D eigenvalue weighted by Crippen LogP contribution is 2.28. The van der Waals surface area contributed by atoms with Crippen LogP contribution in [0.5, 0.6) is 0 Å². The maximum absolute atomic E-state index is 13.0. The van der Waals surface area contributed by atoms with Crippen molar-refractivity contribution in [3.05, 3.63) is 69.7 Å². The van der Waals surface area contributed by atoms with E-state index < -0.39 is 10.0 Å². The number of sulfonamides is 1. The lowest BCUT2D eigenvalue weighted by Gasteiger charge is -2.31. The van der Waals surface area contributed by atoms with Gasteiger partial charge >= 0.3 is 0 Å². The molecule has 1 aliphatic carbocycles. The van der Waals surface area contributed by atoms with Crippen LogP contribution >= 0.6 is 11.6 Å².